The maximum absolute atomic E-state index is 12.4. The number of rotatable bonds is 1. The molecule has 7 heteroatoms. The van der Waals surface area contributed by atoms with Crippen LogP contribution in [0.25, 0.3) is 11.3 Å². The fourth-order valence-electron chi connectivity index (χ4n) is 1.31. The molecule has 0 saturated heterocycles. The summed E-state index contributed by atoms with van der Waals surface area (Å²) in [6, 6.07) is 4.69. The lowest BCUT2D eigenvalue weighted by atomic mass is 10.1. The first-order valence-corrected chi connectivity index (χ1v) is 5.26. The molecule has 0 aliphatic heterocycles. The molecular weight excluding hydrogens is 301 g/mol. The number of hydrogen-bond donors (Lipinski definition) is 1. The van der Waals surface area contributed by atoms with Gasteiger partial charge in [0, 0.05) is 16.1 Å². The Labute approximate surface area is 103 Å². The summed E-state index contributed by atoms with van der Waals surface area (Å²) in [5.41, 5.74) is 5.09. The molecule has 0 aliphatic rings. The predicted octanol–water partition coefficient (Wildman–Crippen LogP) is 3.71. The molecule has 1 aromatic carbocycles. The molecule has 0 fully saturated rings. The molecule has 1 aromatic heterocycles. The summed E-state index contributed by atoms with van der Waals surface area (Å²) >= 11 is 3.06. The fourth-order valence-corrected chi connectivity index (χ4v) is 1.88. The topological polar surface area (TPSA) is 52.0 Å². The third-order valence-electron chi connectivity index (χ3n) is 2.09. The van der Waals surface area contributed by atoms with Crippen LogP contribution in [-0.2, 0) is 6.18 Å². The minimum Gasteiger partial charge on any atom is -0.381 e. The molecule has 2 aromatic rings. The summed E-state index contributed by atoms with van der Waals surface area (Å²) < 4.78 is 42.4. The normalized spacial score (nSPS) is 11.8. The van der Waals surface area contributed by atoms with Gasteiger partial charge in [-0.2, -0.15) is 13.2 Å². The van der Waals surface area contributed by atoms with Gasteiger partial charge in [-0.1, -0.05) is 21.1 Å². The van der Waals surface area contributed by atoms with Gasteiger partial charge in [0.05, 0.1) is 5.56 Å². The van der Waals surface area contributed by atoms with Crippen LogP contribution < -0.4 is 5.73 Å². The summed E-state index contributed by atoms with van der Waals surface area (Å²) in [6.45, 7) is 0. The highest BCUT2D eigenvalue weighted by molar-refractivity contribution is 9.10. The van der Waals surface area contributed by atoms with Crippen molar-refractivity contribution in [2.45, 2.75) is 6.18 Å². The van der Waals surface area contributed by atoms with Crippen LogP contribution in [0.15, 0.2) is 33.3 Å². The van der Waals surface area contributed by atoms with E-state index in [1.54, 1.807) is 0 Å². The predicted molar refractivity (Wildman–Crippen MR) is 59.1 cm³/mol. The van der Waals surface area contributed by atoms with Crippen LogP contribution in [0.4, 0.5) is 19.0 Å². The van der Waals surface area contributed by atoms with Gasteiger partial charge in [0.2, 0.25) is 0 Å². The molecule has 0 amide bonds. The number of hydrogen-bond acceptors (Lipinski definition) is 3. The van der Waals surface area contributed by atoms with E-state index in [9.17, 15) is 13.2 Å². The number of benzene rings is 1. The Kier molecular flexibility index (Phi) is 2.86. The van der Waals surface area contributed by atoms with Gasteiger partial charge >= 0.3 is 6.18 Å². The largest absolute Gasteiger partial charge is 0.416 e. The zero-order chi connectivity index (χ0) is 12.6. The second-order valence-electron chi connectivity index (χ2n) is 3.31. The van der Waals surface area contributed by atoms with Crippen molar-refractivity contribution in [3.8, 4) is 11.3 Å². The molecule has 90 valence electrons. The number of anilines is 1. The van der Waals surface area contributed by atoms with Crippen LogP contribution in [0.2, 0.25) is 0 Å². The lowest BCUT2D eigenvalue weighted by Gasteiger charge is -2.08. The number of nitrogens with two attached hydrogens (primary N) is 1. The molecule has 3 nitrogen and oxygen atoms in total. The van der Waals surface area contributed by atoms with E-state index in [-0.39, 0.29) is 10.3 Å². The Bertz CT molecular complexity index is 551. The maximum Gasteiger partial charge on any atom is 0.416 e. The van der Waals surface area contributed by atoms with Gasteiger partial charge in [0.15, 0.2) is 11.6 Å². The number of alkyl halides is 3. The molecule has 17 heavy (non-hydrogen) atoms. The van der Waals surface area contributed by atoms with E-state index in [0.717, 1.165) is 12.1 Å². The van der Waals surface area contributed by atoms with Crippen molar-refractivity contribution in [2.75, 3.05) is 5.73 Å². The quantitative estimate of drug-likeness (QED) is 0.874. The van der Waals surface area contributed by atoms with E-state index in [2.05, 4.69) is 21.1 Å². The third kappa shape index (κ3) is 2.44. The molecule has 0 unspecified atom stereocenters. The summed E-state index contributed by atoms with van der Waals surface area (Å²) in [5.74, 6) is 0.481. The standard InChI is InChI=1S/C10H6BrF3N2O/c11-7-3-5(10(12,13)14)1-2-6(7)8-4-9(15)16-17-8/h1-4H,(H2,15,16). The number of aromatic nitrogens is 1. The highest BCUT2D eigenvalue weighted by atomic mass is 79.9. The zero-order valence-electron chi connectivity index (χ0n) is 8.25. The second-order valence-corrected chi connectivity index (χ2v) is 4.16. The third-order valence-corrected chi connectivity index (χ3v) is 2.75. The van der Waals surface area contributed by atoms with Crippen molar-refractivity contribution >= 4 is 21.7 Å². The first-order chi connectivity index (χ1) is 7.88. The molecule has 0 spiro atoms. The monoisotopic (exact) mass is 306 g/mol. The fraction of sp³-hybridized carbons (Fsp3) is 0.100. The lowest BCUT2D eigenvalue weighted by Crippen LogP contribution is -2.04. The average Bonchev–Trinajstić information content (AvgIpc) is 2.63. The molecule has 0 bridgehead atoms. The summed E-state index contributed by atoms with van der Waals surface area (Å²) in [4.78, 5) is 0. The van der Waals surface area contributed by atoms with E-state index < -0.39 is 11.7 Å². The molecule has 0 saturated carbocycles. The number of nitrogen functional groups attached to an aromatic ring is 1. The molecular formula is C10H6BrF3N2O. The minimum atomic E-state index is -4.37. The Morgan fingerprint density at radius 1 is 1.24 bits per heavy atom. The minimum absolute atomic E-state index is 0.173. The molecule has 0 atom stereocenters. The summed E-state index contributed by atoms with van der Waals surface area (Å²) in [5, 5.41) is 3.47. The van der Waals surface area contributed by atoms with Crippen molar-refractivity contribution in [1.82, 2.24) is 5.16 Å². The number of nitrogens with zero attached hydrogens (tertiary/aromatic N) is 1. The smallest absolute Gasteiger partial charge is 0.381 e. The van der Waals surface area contributed by atoms with E-state index in [1.807, 2.05) is 0 Å². The Morgan fingerprint density at radius 3 is 2.41 bits per heavy atom. The van der Waals surface area contributed by atoms with Crippen molar-refractivity contribution in [3.05, 3.63) is 34.3 Å². The van der Waals surface area contributed by atoms with Gasteiger partial charge in [-0.3, -0.25) is 0 Å². The first kappa shape index (κ1) is 12.0. The number of halogens is 4. The lowest BCUT2D eigenvalue weighted by molar-refractivity contribution is -0.137. The Hall–Kier alpha value is -1.50. The highest BCUT2D eigenvalue weighted by Gasteiger charge is 2.31. The van der Waals surface area contributed by atoms with E-state index in [0.29, 0.717) is 11.3 Å². The van der Waals surface area contributed by atoms with E-state index in [1.165, 1.54) is 12.1 Å². The Morgan fingerprint density at radius 2 is 1.94 bits per heavy atom. The van der Waals surface area contributed by atoms with Gasteiger partial charge in [-0.25, -0.2) is 0 Å². The van der Waals surface area contributed by atoms with Gasteiger partial charge in [-0.15, -0.1) is 0 Å². The molecule has 1 heterocycles. The zero-order valence-corrected chi connectivity index (χ0v) is 9.84. The van der Waals surface area contributed by atoms with Gasteiger partial charge in [-0.05, 0) is 18.2 Å². The van der Waals surface area contributed by atoms with Crippen LogP contribution in [0.3, 0.4) is 0 Å². The van der Waals surface area contributed by atoms with Crippen LogP contribution in [-0.4, -0.2) is 5.16 Å². The van der Waals surface area contributed by atoms with Crippen molar-refractivity contribution in [1.29, 1.82) is 0 Å². The van der Waals surface area contributed by atoms with Crippen LogP contribution >= 0.6 is 15.9 Å². The van der Waals surface area contributed by atoms with Gasteiger partial charge in [0.25, 0.3) is 0 Å². The van der Waals surface area contributed by atoms with Crippen LogP contribution in [0, 0.1) is 0 Å². The van der Waals surface area contributed by atoms with Gasteiger partial charge < -0.3 is 10.3 Å². The molecule has 2 N–H and O–H groups in total. The van der Waals surface area contributed by atoms with Crippen molar-refractivity contribution in [3.63, 3.8) is 0 Å². The highest BCUT2D eigenvalue weighted by Crippen LogP contribution is 2.35. The summed E-state index contributed by atoms with van der Waals surface area (Å²) in [7, 11) is 0. The summed E-state index contributed by atoms with van der Waals surface area (Å²) in [6.07, 6.45) is -4.37. The second kappa shape index (κ2) is 4.06. The Balaban J connectivity index is 2.45. The van der Waals surface area contributed by atoms with Crippen LogP contribution in [0.5, 0.6) is 0 Å². The molecule has 0 aliphatic carbocycles. The van der Waals surface area contributed by atoms with Gasteiger partial charge in [0.1, 0.15) is 0 Å². The van der Waals surface area contributed by atoms with Crippen molar-refractivity contribution in [2.24, 2.45) is 0 Å². The SMILES string of the molecule is Nc1cc(-c2ccc(C(F)(F)F)cc2Br)on1. The first-order valence-electron chi connectivity index (χ1n) is 4.47. The van der Waals surface area contributed by atoms with Crippen molar-refractivity contribution < 1.29 is 17.7 Å². The van der Waals surface area contributed by atoms with E-state index in [4.69, 9.17) is 10.3 Å². The van der Waals surface area contributed by atoms with E-state index >= 15 is 0 Å². The molecule has 2 rings (SSSR count). The molecule has 0 radical (unpaired) electrons. The average molecular weight is 307 g/mol. The maximum atomic E-state index is 12.4. The van der Waals surface area contributed by atoms with Crippen LogP contribution in [0.1, 0.15) is 5.56 Å².